The molecule has 0 spiro atoms. The van der Waals surface area contributed by atoms with E-state index in [1.54, 1.807) is 13.0 Å². The van der Waals surface area contributed by atoms with E-state index in [-0.39, 0.29) is 41.0 Å². The number of rotatable bonds is 2. The highest BCUT2D eigenvalue weighted by atomic mass is 16.4. The molecule has 5 nitrogen and oxygen atoms in total. The highest BCUT2D eigenvalue weighted by molar-refractivity contribution is 6.23. The van der Waals surface area contributed by atoms with E-state index in [9.17, 15) is 14.4 Å². The fourth-order valence-electron chi connectivity index (χ4n) is 4.18. The number of carbonyl (C=O) groups excluding carboxylic acids is 2. The monoisotopic (exact) mass is 297 g/mol. The maximum absolute atomic E-state index is 12.7. The Hall–Kier alpha value is -2.43. The standard InChI is InChI=1S/C17H15NO4/c1-8-6-11(17(21)22)4-5-12(8)18-15(19)13-9-2-3-10(7-9)14(13)16(18)20/h2-6,9-10,13-14H,7H2,1H3,(H,21,22)/t9-,10+,13-,14+. The van der Waals surface area contributed by atoms with E-state index in [4.69, 9.17) is 5.11 Å². The molecule has 1 aromatic rings. The van der Waals surface area contributed by atoms with Crippen molar-refractivity contribution in [3.8, 4) is 0 Å². The molecule has 2 aliphatic carbocycles. The van der Waals surface area contributed by atoms with Crippen LogP contribution < -0.4 is 4.90 Å². The number of hydrogen-bond donors (Lipinski definition) is 1. The van der Waals surface area contributed by atoms with Gasteiger partial charge in [0.2, 0.25) is 11.8 Å². The maximum atomic E-state index is 12.7. The molecule has 1 saturated carbocycles. The summed E-state index contributed by atoms with van der Waals surface area (Å²) >= 11 is 0. The molecule has 0 unspecified atom stereocenters. The Morgan fingerprint density at radius 2 is 1.73 bits per heavy atom. The van der Waals surface area contributed by atoms with Gasteiger partial charge in [-0.25, -0.2) is 9.69 Å². The zero-order valence-corrected chi connectivity index (χ0v) is 12.0. The number of nitrogens with zero attached hydrogens (tertiary/aromatic N) is 1. The molecule has 5 heteroatoms. The Morgan fingerprint density at radius 1 is 1.14 bits per heavy atom. The van der Waals surface area contributed by atoms with E-state index in [0.717, 1.165) is 6.42 Å². The molecule has 3 aliphatic rings. The van der Waals surface area contributed by atoms with Crippen LogP contribution in [-0.2, 0) is 9.59 Å². The minimum atomic E-state index is -1.02. The second-order valence-electron chi connectivity index (χ2n) is 6.32. The van der Waals surface area contributed by atoms with Crippen LogP contribution in [0.2, 0.25) is 0 Å². The average molecular weight is 297 g/mol. The molecule has 0 aromatic heterocycles. The highest BCUT2D eigenvalue weighted by Gasteiger charge is 2.59. The van der Waals surface area contributed by atoms with Crippen LogP contribution in [0.5, 0.6) is 0 Å². The molecule has 112 valence electrons. The van der Waals surface area contributed by atoms with Crippen molar-refractivity contribution in [2.45, 2.75) is 13.3 Å². The number of fused-ring (bicyclic) bond motifs is 5. The normalized spacial score (nSPS) is 32.0. The number of carboxylic acid groups (broad SMARTS) is 1. The van der Waals surface area contributed by atoms with Crippen molar-refractivity contribution in [2.24, 2.45) is 23.7 Å². The van der Waals surface area contributed by atoms with E-state index in [2.05, 4.69) is 12.2 Å². The zero-order valence-electron chi connectivity index (χ0n) is 12.0. The number of carbonyl (C=O) groups is 3. The molecule has 1 aliphatic heterocycles. The van der Waals surface area contributed by atoms with Crippen LogP contribution in [0.1, 0.15) is 22.3 Å². The molecule has 2 amide bonds. The first-order valence-corrected chi connectivity index (χ1v) is 7.39. The first-order valence-electron chi connectivity index (χ1n) is 7.39. The van der Waals surface area contributed by atoms with Crippen molar-refractivity contribution in [1.82, 2.24) is 0 Å². The summed E-state index contributed by atoms with van der Waals surface area (Å²) in [6, 6.07) is 4.50. The van der Waals surface area contributed by atoms with Crippen LogP contribution in [0.4, 0.5) is 5.69 Å². The fraction of sp³-hybridized carbons (Fsp3) is 0.353. The number of amides is 2. The first kappa shape index (κ1) is 13.2. The summed E-state index contributed by atoms with van der Waals surface area (Å²) in [4.78, 5) is 37.7. The third-order valence-corrected chi connectivity index (χ3v) is 5.15. The third-order valence-electron chi connectivity index (χ3n) is 5.15. The molecular weight excluding hydrogens is 282 g/mol. The topological polar surface area (TPSA) is 74.7 Å². The van der Waals surface area contributed by atoms with Gasteiger partial charge in [-0.3, -0.25) is 9.59 Å². The Labute approximate surface area is 127 Å². The molecular formula is C17H15NO4. The minimum Gasteiger partial charge on any atom is -0.478 e. The van der Waals surface area contributed by atoms with Gasteiger partial charge in [0, 0.05) is 0 Å². The van der Waals surface area contributed by atoms with E-state index in [1.807, 2.05) is 0 Å². The molecule has 1 N–H and O–H groups in total. The second kappa shape index (κ2) is 4.29. The number of benzene rings is 1. The van der Waals surface area contributed by atoms with E-state index < -0.39 is 5.97 Å². The zero-order chi connectivity index (χ0) is 15.6. The third kappa shape index (κ3) is 1.56. The van der Waals surface area contributed by atoms with Crippen LogP contribution >= 0.6 is 0 Å². The Balaban J connectivity index is 1.74. The van der Waals surface area contributed by atoms with Crippen molar-refractivity contribution >= 4 is 23.5 Å². The van der Waals surface area contributed by atoms with Gasteiger partial charge in [0.1, 0.15) is 0 Å². The lowest BCUT2D eigenvalue weighted by Crippen LogP contribution is -2.33. The van der Waals surface area contributed by atoms with Gasteiger partial charge >= 0.3 is 5.97 Å². The van der Waals surface area contributed by atoms with Gasteiger partial charge in [-0.1, -0.05) is 12.2 Å². The average Bonchev–Trinajstić information content (AvgIpc) is 3.14. The second-order valence-corrected chi connectivity index (χ2v) is 6.32. The lowest BCUT2D eigenvalue weighted by atomic mass is 9.85. The number of carboxylic acids is 1. The fourth-order valence-corrected chi connectivity index (χ4v) is 4.18. The van der Waals surface area contributed by atoms with E-state index >= 15 is 0 Å². The van der Waals surface area contributed by atoms with Crippen molar-refractivity contribution < 1.29 is 19.5 Å². The Kier molecular flexibility index (Phi) is 2.58. The van der Waals surface area contributed by atoms with Crippen molar-refractivity contribution in [2.75, 3.05) is 4.90 Å². The van der Waals surface area contributed by atoms with Crippen molar-refractivity contribution in [1.29, 1.82) is 0 Å². The van der Waals surface area contributed by atoms with Gasteiger partial charge in [-0.2, -0.15) is 0 Å². The van der Waals surface area contributed by atoms with Gasteiger partial charge in [0.15, 0.2) is 0 Å². The van der Waals surface area contributed by atoms with Crippen LogP contribution in [0, 0.1) is 30.6 Å². The van der Waals surface area contributed by atoms with Gasteiger partial charge in [-0.05, 0) is 48.9 Å². The van der Waals surface area contributed by atoms with E-state index in [0.29, 0.717) is 11.3 Å². The molecule has 0 radical (unpaired) electrons. The van der Waals surface area contributed by atoms with Gasteiger partial charge in [0.25, 0.3) is 0 Å². The number of aromatic carboxylic acids is 1. The lowest BCUT2D eigenvalue weighted by molar-refractivity contribution is -0.123. The van der Waals surface area contributed by atoms with Gasteiger partial charge in [0.05, 0.1) is 23.1 Å². The number of anilines is 1. The molecule has 2 fully saturated rings. The summed E-state index contributed by atoms with van der Waals surface area (Å²) in [5.74, 6) is -1.42. The molecule has 4 rings (SSSR count). The van der Waals surface area contributed by atoms with Crippen LogP contribution in [0.25, 0.3) is 0 Å². The Bertz CT molecular complexity index is 721. The molecule has 1 heterocycles. The van der Waals surface area contributed by atoms with E-state index in [1.165, 1.54) is 17.0 Å². The smallest absolute Gasteiger partial charge is 0.335 e. The number of aryl methyl sites for hydroxylation is 1. The molecule has 1 aromatic carbocycles. The first-order chi connectivity index (χ1) is 10.5. The van der Waals surface area contributed by atoms with Crippen molar-refractivity contribution in [3.05, 3.63) is 41.5 Å². The van der Waals surface area contributed by atoms with Crippen molar-refractivity contribution in [3.63, 3.8) is 0 Å². The van der Waals surface area contributed by atoms with Crippen LogP contribution in [0.15, 0.2) is 30.4 Å². The number of allylic oxidation sites excluding steroid dienone is 2. The molecule has 22 heavy (non-hydrogen) atoms. The summed E-state index contributed by atoms with van der Waals surface area (Å²) in [6.07, 6.45) is 5.01. The van der Waals surface area contributed by atoms with Gasteiger partial charge in [-0.15, -0.1) is 0 Å². The number of imide groups is 1. The maximum Gasteiger partial charge on any atom is 0.335 e. The predicted molar refractivity (Wildman–Crippen MR) is 78.3 cm³/mol. The SMILES string of the molecule is Cc1cc(C(=O)O)ccc1N1C(=O)[C@@H]2[C@H](C1=O)[C@@H]1C=C[C@H]2C1. The summed E-state index contributed by atoms with van der Waals surface area (Å²) in [5, 5.41) is 9.02. The summed E-state index contributed by atoms with van der Waals surface area (Å²) in [7, 11) is 0. The van der Waals surface area contributed by atoms with Crippen LogP contribution in [0.3, 0.4) is 0 Å². The number of hydrogen-bond acceptors (Lipinski definition) is 3. The summed E-state index contributed by atoms with van der Waals surface area (Å²) < 4.78 is 0. The quantitative estimate of drug-likeness (QED) is 0.669. The Morgan fingerprint density at radius 3 is 2.23 bits per heavy atom. The van der Waals surface area contributed by atoms with Crippen LogP contribution in [-0.4, -0.2) is 22.9 Å². The molecule has 2 bridgehead atoms. The lowest BCUT2D eigenvalue weighted by Gasteiger charge is -2.19. The summed E-state index contributed by atoms with van der Waals surface area (Å²) in [5.41, 5.74) is 1.29. The minimum absolute atomic E-state index is 0.141. The largest absolute Gasteiger partial charge is 0.478 e. The van der Waals surface area contributed by atoms with Gasteiger partial charge < -0.3 is 5.11 Å². The summed E-state index contributed by atoms with van der Waals surface area (Å²) in [6.45, 7) is 1.73. The molecule has 1 saturated heterocycles. The highest BCUT2D eigenvalue weighted by Crippen LogP contribution is 2.53. The predicted octanol–water partition coefficient (Wildman–Crippen LogP) is 2.00. The molecule has 4 atom stereocenters.